The number of allylic oxidation sites excluding steroid dienone is 1. The SMILES string of the molecule is CC1=C[C@]23C(=O)[C@@H](C=C4COC(C)(C)O[C@H]4[C@]2(O)[C@H]1OC(=O)N(C)c1nc(C)cs1)[C@H]1[C@@H](C[C@H]3C)C1(C)C. The number of carbonyl (C=O) groups excluding carboxylic acids is 2. The zero-order chi connectivity index (χ0) is 27.6. The van der Waals surface area contributed by atoms with Crippen LogP contribution in [0.5, 0.6) is 0 Å². The Balaban J connectivity index is 1.48. The Morgan fingerprint density at radius 2 is 1.97 bits per heavy atom. The fourth-order valence-electron chi connectivity index (χ4n) is 8.05. The van der Waals surface area contributed by atoms with Gasteiger partial charge in [-0.1, -0.05) is 32.9 Å². The van der Waals surface area contributed by atoms with E-state index in [4.69, 9.17) is 14.2 Å². The summed E-state index contributed by atoms with van der Waals surface area (Å²) in [5.41, 5.74) is -0.837. The fourth-order valence-corrected chi connectivity index (χ4v) is 8.81. The predicted molar refractivity (Wildman–Crippen MR) is 143 cm³/mol. The molecule has 8 nitrogen and oxygen atoms in total. The van der Waals surface area contributed by atoms with Crippen molar-refractivity contribution in [1.82, 2.24) is 4.98 Å². The van der Waals surface area contributed by atoms with Crippen LogP contribution in [-0.4, -0.2) is 59.2 Å². The topological polar surface area (TPSA) is 98.2 Å². The summed E-state index contributed by atoms with van der Waals surface area (Å²) in [7, 11) is 1.60. The summed E-state index contributed by atoms with van der Waals surface area (Å²) < 4.78 is 18.6. The third kappa shape index (κ3) is 3.28. The number of fused-ring (bicyclic) bond motifs is 5. The smallest absolute Gasteiger partial charge is 0.416 e. The predicted octanol–water partition coefficient (Wildman–Crippen LogP) is 4.66. The number of thiazole rings is 1. The van der Waals surface area contributed by atoms with Crippen molar-refractivity contribution in [2.75, 3.05) is 18.6 Å². The average molecular weight is 543 g/mol. The first-order valence-corrected chi connectivity index (χ1v) is 14.4. The molecule has 0 aromatic carbocycles. The van der Waals surface area contributed by atoms with Gasteiger partial charge in [-0.2, -0.15) is 0 Å². The maximum absolute atomic E-state index is 14.7. The van der Waals surface area contributed by atoms with E-state index in [-0.39, 0.29) is 35.6 Å². The number of ketones is 1. The van der Waals surface area contributed by atoms with E-state index in [9.17, 15) is 14.7 Å². The standard InChI is InChI=1S/C29H38N2O6S/c1-14-11-28-15(2)9-19-20(26(19,4)5)18(21(28)32)10-17-12-35-27(6,7)37-23(17)29(28,34)22(14)36-25(33)31(8)24-30-16(3)13-38-24/h10-11,13,15,18-20,22-23,34H,9,12H2,1-8H3/t15-,18+,19-,20+,22+,23-,28+,29-/m1/s1. The molecule has 9 heteroatoms. The highest BCUT2D eigenvalue weighted by atomic mass is 32.1. The van der Waals surface area contributed by atoms with Gasteiger partial charge < -0.3 is 19.3 Å². The first kappa shape index (κ1) is 26.2. The lowest BCUT2D eigenvalue weighted by atomic mass is 9.59. The summed E-state index contributed by atoms with van der Waals surface area (Å²) in [4.78, 5) is 33.9. The monoisotopic (exact) mass is 542 g/mol. The number of aromatic nitrogens is 1. The minimum atomic E-state index is -1.83. The average Bonchev–Trinajstić information content (AvgIpc) is 3.10. The van der Waals surface area contributed by atoms with E-state index in [0.717, 1.165) is 17.7 Å². The third-order valence-corrected chi connectivity index (χ3v) is 11.1. The van der Waals surface area contributed by atoms with E-state index in [0.29, 0.717) is 16.6 Å². The molecule has 206 valence electrons. The van der Waals surface area contributed by atoms with E-state index in [2.05, 4.69) is 25.8 Å². The molecule has 1 aromatic rings. The van der Waals surface area contributed by atoms with Gasteiger partial charge in [0.1, 0.15) is 6.10 Å². The van der Waals surface area contributed by atoms with Gasteiger partial charge in [0, 0.05) is 18.3 Å². The second-order valence-corrected chi connectivity index (χ2v) is 13.9. The Morgan fingerprint density at radius 3 is 2.63 bits per heavy atom. The molecule has 1 amide bonds. The lowest BCUT2D eigenvalue weighted by Gasteiger charge is -2.52. The van der Waals surface area contributed by atoms with Crippen LogP contribution >= 0.6 is 11.3 Å². The molecule has 5 aliphatic rings. The lowest BCUT2D eigenvalue weighted by Crippen LogP contribution is -2.68. The molecule has 1 aliphatic heterocycles. The largest absolute Gasteiger partial charge is 0.438 e. The third-order valence-electron chi connectivity index (χ3n) is 10.1. The second-order valence-electron chi connectivity index (χ2n) is 13.1. The highest BCUT2D eigenvalue weighted by Crippen LogP contribution is 2.72. The normalized spacial score (nSPS) is 42.0. The zero-order valence-corrected chi connectivity index (χ0v) is 24.2. The molecule has 2 bridgehead atoms. The number of ether oxygens (including phenoxy) is 3. The molecule has 4 aliphatic carbocycles. The highest BCUT2D eigenvalue weighted by Gasteiger charge is 2.77. The van der Waals surface area contributed by atoms with Gasteiger partial charge in [-0.15, -0.1) is 11.3 Å². The molecule has 3 fully saturated rings. The van der Waals surface area contributed by atoms with Gasteiger partial charge >= 0.3 is 6.09 Å². The molecular weight excluding hydrogens is 504 g/mol. The van der Waals surface area contributed by atoms with Crippen molar-refractivity contribution in [3.8, 4) is 0 Å². The molecule has 0 radical (unpaired) electrons. The Hall–Kier alpha value is -2.07. The van der Waals surface area contributed by atoms with Gasteiger partial charge in [0.15, 0.2) is 28.4 Å². The van der Waals surface area contributed by atoms with Crippen LogP contribution in [0.4, 0.5) is 9.93 Å². The minimum absolute atomic E-state index is 0.00400. The van der Waals surface area contributed by atoms with Crippen molar-refractivity contribution in [2.24, 2.45) is 34.5 Å². The van der Waals surface area contributed by atoms with Crippen molar-refractivity contribution in [3.63, 3.8) is 0 Å². The number of carbonyl (C=O) groups is 2. The van der Waals surface area contributed by atoms with Crippen LogP contribution in [0.2, 0.25) is 0 Å². The van der Waals surface area contributed by atoms with Gasteiger partial charge in [-0.3, -0.25) is 9.69 Å². The summed E-state index contributed by atoms with van der Waals surface area (Å²) in [6, 6.07) is 0. The van der Waals surface area contributed by atoms with Crippen LogP contribution in [0.25, 0.3) is 0 Å². The van der Waals surface area contributed by atoms with Crippen molar-refractivity contribution in [1.29, 1.82) is 0 Å². The van der Waals surface area contributed by atoms with Crippen LogP contribution < -0.4 is 4.90 Å². The van der Waals surface area contributed by atoms with E-state index in [1.165, 1.54) is 16.2 Å². The van der Waals surface area contributed by atoms with E-state index in [1.807, 2.05) is 45.2 Å². The number of aliphatic hydroxyl groups is 1. The van der Waals surface area contributed by atoms with Crippen molar-refractivity contribution in [3.05, 3.63) is 34.4 Å². The number of anilines is 1. The molecule has 1 spiro atoms. The Labute approximate surface area is 228 Å². The maximum atomic E-state index is 14.7. The Kier molecular flexibility index (Phi) is 5.50. The Morgan fingerprint density at radius 1 is 1.26 bits per heavy atom. The molecule has 1 aromatic heterocycles. The van der Waals surface area contributed by atoms with Gasteiger partial charge in [-0.05, 0) is 68.4 Å². The van der Waals surface area contributed by atoms with Crippen molar-refractivity contribution < 1.29 is 28.9 Å². The summed E-state index contributed by atoms with van der Waals surface area (Å²) in [6.07, 6.45) is 2.13. The van der Waals surface area contributed by atoms with Gasteiger partial charge in [-0.25, -0.2) is 9.78 Å². The molecule has 2 saturated carbocycles. The lowest BCUT2D eigenvalue weighted by molar-refractivity contribution is -0.302. The summed E-state index contributed by atoms with van der Waals surface area (Å²) in [6.45, 7) is 14.1. The highest BCUT2D eigenvalue weighted by molar-refractivity contribution is 7.14. The number of nitrogens with zero attached hydrogens (tertiary/aromatic N) is 2. The van der Waals surface area contributed by atoms with E-state index < -0.39 is 35.1 Å². The van der Waals surface area contributed by atoms with Gasteiger partial charge in [0.2, 0.25) is 0 Å². The summed E-state index contributed by atoms with van der Waals surface area (Å²) in [5.74, 6) is -0.965. The van der Waals surface area contributed by atoms with Crippen molar-refractivity contribution in [2.45, 2.75) is 78.5 Å². The van der Waals surface area contributed by atoms with Crippen LogP contribution in [0.1, 0.15) is 53.7 Å². The zero-order valence-electron chi connectivity index (χ0n) is 23.4. The van der Waals surface area contributed by atoms with E-state index >= 15 is 0 Å². The van der Waals surface area contributed by atoms with Crippen LogP contribution in [0.3, 0.4) is 0 Å². The van der Waals surface area contributed by atoms with Crippen LogP contribution in [0.15, 0.2) is 28.7 Å². The molecule has 1 saturated heterocycles. The molecule has 2 heterocycles. The first-order valence-electron chi connectivity index (χ1n) is 13.5. The van der Waals surface area contributed by atoms with E-state index in [1.54, 1.807) is 7.05 Å². The first-order chi connectivity index (χ1) is 17.6. The molecule has 1 N–H and O–H groups in total. The molecule has 0 unspecified atom stereocenters. The van der Waals surface area contributed by atoms with Crippen LogP contribution in [-0.2, 0) is 19.0 Å². The molecular formula is C29H38N2O6S. The number of hydrogen-bond acceptors (Lipinski definition) is 8. The number of aryl methyl sites for hydroxylation is 1. The maximum Gasteiger partial charge on any atom is 0.416 e. The summed E-state index contributed by atoms with van der Waals surface area (Å²) in [5, 5.41) is 15.4. The Bertz CT molecular complexity index is 1280. The molecule has 38 heavy (non-hydrogen) atoms. The number of Topliss-reactive ketones (excluding diaryl/α,β-unsaturated/α-hetero) is 1. The molecule has 6 rings (SSSR count). The molecule has 8 atom stereocenters. The number of hydrogen-bond donors (Lipinski definition) is 1. The number of rotatable bonds is 2. The van der Waals surface area contributed by atoms with Crippen LogP contribution in [0, 0.1) is 41.4 Å². The fraction of sp³-hybridized carbons (Fsp3) is 0.690. The quantitative estimate of drug-likeness (QED) is 0.543. The van der Waals surface area contributed by atoms with Gasteiger partial charge in [0.25, 0.3) is 0 Å². The van der Waals surface area contributed by atoms with Gasteiger partial charge in [0.05, 0.1) is 17.7 Å². The van der Waals surface area contributed by atoms with Crippen molar-refractivity contribution >= 4 is 28.3 Å². The summed E-state index contributed by atoms with van der Waals surface area (Å²) >= 11 is 1.34. The minimum Gasteiger partial charge on any atom is -0.438 e. The second kappa shape index (κ2) is 7.99. The number of amides is 1.